The number of rotatable bonds is 6. The van der Waals surface area contributed by atoms with Crippen LogP contribution in [0.1, 0.15) is 12.1 Å². The molecule has 1 aromatic heterocycles. The standard InChI is InChI=1S/C9H14N3O5P/c1-18(16,17)5-8(13)2-9(14)12(15)4-7-3-10-6-11-7/h3,6,15H,2,4-5H2,1H3,(H,10,11)(H,16,17). The number of H-pyrrole nitrogens is 1. The van der Waals surface area contributed by atoms with Gasteiger partial charge < -0.3 is 9.88 Å². The Morgan fingerprint density at radius 3 is 2.72 bits per heavy atom. The summed E-state index contributed by atoms with van der Waals surface area (Å²) in [6, 6.07) is 0. The summed E-state index contributed by atoms with van der Waals surface area (Å²) < 4.78 is 11.0. The van der Waals surface area contributed by atoms with Gasteiger partial charge in [0.15, 0.2) is 5.78 Å². The summed E-state index contributed by atoms with van der Waals surface area (Å²) in [6.07, 6.45) is 1.63. The van der Waals surface area contributed by atoms with Crippen LogP contribution in [0.5, 0.6) is 0 Å². The molecule has 0 fully saturated rings. The monoisotopic (exact) mass is 275 g/mol. The van der Waals surface area contributed by atoms with E-state index in [2.05, 4.69) is 9.97 Å². The molecule has 0 saturated heterocycles. The van der Waals surface area contributed by atoms with Crippen molar-refractivity contribution in [3.63, 3.8) is 0 Å². The number of carbonyl (C=O) groups excluding carboxylic acids is 2. The predicted octanol–water partition coefficient (Wildman–Crippen LogP) is -0.0131. The van der Waals surface area contributed by atoms with Crippen LogP contribution in [0.4, 0.5) is 0 Å². The number of hydrogen-bond acceptors (Lipinski definition) is 5. The van der Waals surface area contributed by atoms with Gasteiger partial charge in [0.2, 0.25) is 7.37 Å². The number of amides is 1. The number of imidazole rings is 1. The molecule has 1 atom stereocenters. The van der Waals surface area contributed by atoms with E-state index >= 15 is 0 Å². The van der Waals surface area contributed by atoms with Crippen LogP contribution in [0.3, 0.4) is 0 Å². The van der Waals surface area contributed by atoms with Crippen molar-refractivity contribution in [2.75, 3.05) is 12.8 Å². The zero-order chi connectivity index (χ0) is 13.8. The molecule has 8 nitrogen and oxygen atoms in total. The average Bonchev–Trinajstić information content (AvgIpc) is 2.66. The van der Waals surface area contributed by atoms with Crippen molar-refractivity contribution in [1.29, 1.82) is 0 Å². The zero-order valence-electron chi connectivity index (χ0n) is 9.74. The molecule has 9 heteroatoms. The van der Waals surface area contributed by atoms with E-state index in [1.807, 2.05) is 0 Å². The van der Waals surface area contributed by atoms with Crippen molar-refractivity contribution < 1.29 is 24.3 Å². The molecule has 0 spiro atoms. The van der Waals surface area contributed by atoms with Gasteiger partial charge in [0, 0.05) is 12.9 Å². The number of nitrogens with one attached hydrogen (secondary N) is 1. The van der Waals surface area contributed by atoms with E-state index in [1.165, 1.54) is 12.5 Å². The maximum Gasteiger partial charge on any atom is 0.253 e. The molecule has 100 valence electrons. The van der Waals surface area contributed by atoms with E-state index < -0.39 is 31.6 Å². The van der Waals surface area contributed by atoms with Crippen molar-refractivity contribution in [3.05, 3.63) is 18.2 Å². The normalized spacial score (nSPS) is 13.9. The molecule has 1 rings (SSSR count). The molecule has 1 amide bonds. The molecule has 3 N–H and O–H groups in total. The van der Waals surface area contributed by atoms with E-state index in [-0.39, 0.29) is 6.54 Å². The minimum atomic E-state index is -3.48. The van der Waals surface area contributed by atoms with Crippen LogP contribution in [0, 0.1) is 0 Å². The Balaban J connectivity index is 2.45. The number of aromatic nitrogens is 2. The number of hydrogen-bond donors (Lipinski definition) is 3. The summed E-state index contributed by atoms with van der Waals surface area (Å²) in [5, 5.41) is 9.75. The fourth-order valence-corrected chi connectivity index (χ4v) is 2.03. The van der Waals surface area contributed by atoms with Crippen molar-refractivity contribution in [1.82, 2.24) is 15.0 Å². The summed E-state index contributed by atoms with van der Waals surface area (Å²) in [5.41, 5.74) is 0.502. The third-order valence-corrected chi connectivity index (χ3v) is 2.92. The predicted molar refractivity (Wildman–Crippen MR) is 61.2 cm³/mol. The lowest BCUT2D eigenvalue weighted by atomic mass is 10.3. The van der Waals surface area contributed by atoms with E-state index in [0.29, 0.717) is 10.8 Å². The fraction of sp³-hybridized carbons (Fsp3) is 0.444. The van der Waals surface area contributed by atoms with Gasteiger partial charge in [-0.3, -0.25) is 19.4 Å². The van der Waals surface area contributed by atoms with E-state index in [4.69, 9.17) is 4.89 Å². The first kappa shape index (κ1) is 14.6. The Labute approximate surface area is 103 Å². The van der Waals surface area contributed by atoms with Crippen LogP contribution >= 0.6 is 7.37 Å². The molecule has 0 bridgehead atoms. The lowest BCUT2D eigenvalue weighted by Crippen LogP contribution is -2.29. The largest absolute Gasteiger partial charge is 0.347 e. The van der Waals surface area contributed by atoms with Crippen LogP contribution < -0.4 is 0 Å². The number of carbonyl (C=O) groups is 2. The molecule has 1 heterocycles. The second kappa shape index (κ2) is 5.90. The Morgan fingerprint density at radius 1 is 1.56 bits per heavy atom. The first-order chi connectivity index (χ1) is 8.28. The quantitative estimate of drug-likeness (QED) is 0.290. The molecule has 0 aliphatic heterocycles. The molecule has 1 unspecified atom stereocenters. The van der Waals surface area contributed by atoms with Gasteiger partial charge >= 0.3 is 0 Å². The van der Waals surface area contributed by atoms with Crippen LogP contribution in [0.25, 0.3) is 0 Å². The van der Waals surface area contributed by atoms with Gasteiger partial charge in [0.05, 0.1) is 31.1 Å². The highest BCUT2D eigenvalue weighted by Crippen LogP contribution is 2.34. The average molecular weight is 275 g/mol. The number of nitrogens with zero attached hydrogens (tertiary/aromatic N) is 2. The topological polar surface area (TPSA) is 124 Å². The molecule has 1 aromatic rings. The van der Waals surface area contributed by atoms with Crippen molar-refractivity contribution in [2.45, 2.75) is 13.0 Å². The van der Waals surface area contributed by atoms with Gasteiger partial charge in [0.1, 0.15) is 0 Å². The highest BCUT2D eigenvalue weighted by atomic mass is 31.2. The SMILES string of the molecule is CP(=O)(O)CC(=O)CC(=O)N(O)Cc1cnc[nH]1. The molecule has 0 saturated carbocycles. The van der Waals surface area contributed by atoms with Gasteiger partial charge in [-0.2, -0.15) is 0 Å². The minimum Gasteiger partial charge on any atom is -0.347 e. The highest BCUT2D eigenvalue weighted by molar-refractivity contribution is 7.58. The van der Waals surface area contributed by atoms with Gasteiger partial charge in [0.25, 0.3) is 5.91 Å². The molecule has 0 radical (unpaired) electrons. The Hall–Kier alpha value is -1.50. The van der Waals surface area contributed by atoms with Crippen LogP contribution in [-0.2, 0) is 20.7 Å². The summed E-state index contributed by atoms with van der Waals surface area (Å²) >= 11 is 0. The van der Waals surface area contributed by atoms with E-state index in [9.17, 15) is 19.4 Å². The Morgan fingerprint density at radius 2 is 2.22 bits per heavy atom. The minimum absolute atomic E-state index is 0.130. The first-order valence-electron chi connectivity index (χ1n) is 5.05. The summed E-state index contributed by atoms with van der Waals surface area (Å²) in [4.78, 5) is 38.0. The lowest BCUT2D eigenvalue weighted by Gasteiger charge is -2.13. The van der Waals surface area contributed by atoms with Gasteiger partial charge in [-0.1, -0.05) is 0 Å². The second-order valence-corrected chi connectivity index (χ2v) is 6.37. The van der Waals surface area contributed by atoms with E-state index in [1.54, 1.807) is 0 Å². The zero-order valence-corrected chi connectivity index (χ0v) is 10.6. The third-order valence-electron chi connectivity index (χ3n) is 1.98. The van der Waals surface area contributed by atoms with Crippen molar-refractivity contribution >= 4 is 19.1 Å². The molecule has 0 aliphatic carbocycles. The van der Waals surface area contributed by atoms with Gasteiger partial charge in [-0.05, 0) is 0 Å². The van der Waals surface area contributed by atoms with Crippen LogP contribution in [-0.4, -0.2) is 49.6 Å². The highest BCUT2D eigenvalue weighted by Gasteiger charge is 2.21. The van der Waals surface area contributed by atoms with Crippen molar-refractivity contribution in [2.24, 2.45) is 0 Å². The smallest absolute Gasteiger partial charge is 0.253 e. The molecule has 0 aromatic carbocycles. The molecular formula is C9H14N3O5P. The maximum absolute atomic E-state index is 11.4. The van der Waals surface area contributed by atoms with E-state index in [0.717, 1.165) is 6.66 Å². The molecule has 0 aliphatic rings. The van der Waals surface area contributed by atoms with Crippen LogP contribution in [0.2, 0.25) is 0 Å². The molecular weight excluding hydrogens is 261 g/mol. The second-order valence-electron chi connectivity index (χ2n) is 3.95. The number of Topliss-reactive ketones (excluding diaryl/α,β-unsaturated/α-hetero) is 1. The number of hydroxylamine groups is 2. The Kier molecular flexibility index (Phi) is 4.77. The fourth-order valence-electron chi connectivity index (χ4n) is 1.26. The third kappa shape index (κ3) is 5.22. The van der Waals surface area contributed by atoms with Crippen LogP contribution in [0.15, 0.2) is 12.5 Å². The summed E-state index contributed by atoms with van der Waals surface area (Å²) in [6.45, 7) is 0.908. The summed E-state index contributed by atoms with van der Waals surface area (Å²) in [5.74, 6) is -1.51. The number of ketones is 1. The molecule has 18 heavy (non-hydrogen) atoms. The van der Waals surface area contributed by atoms with Crippen molar-refractivity contribution in [3.8, 4) is 0 Å². The Bertz CT molecular complexity index is 467. The van der Waals surface area contributed by atoms with Gasteiger partial charge in [-0.25, -0.2) is 10.0 Å². The maximum atomic E-state index is 11.4. The number of aromatic amines is 1. The van der Waals surface area contributed by atoms with Gasteiger partial charge in [-0.15, -0.1) is 0 Å². The summed E-state index contributed by atoms with van der Waals surface area (Å²) in [7, 11) is -3.48. The lowest BCUT2D eigenvalue weighted by molar-refractivity contribution is -0.168. The first-order valence-corrected chi connectivity index (χ1v) is 7.34.